The summed E-state index contributed by atoms with van der Waals surface area (Å²) < 4.78 is 44.9. The molecule has 0 fully saturated rings. The van der Waals surface area contributed by atoms with Crippen LogP contribution >= 0.6 is 0 Å². The molecule has 3 nitrogen and oxygen atoms in total. The Morgan fingerprint density at radius 2 is 2.12 bits per heavy atom. The second kappa shape index (κ2) is 3.86. The molecule has 0 saturated heterocycles. The topological polar surface area (TPSA) is 44.5 Å². The molecule has 1 atom stereocenters. The van der Waals surface area contributed by atoms with E-state index >= 15 is 0 Å². The van der Waals surface area contributed by atoms with E-state index < -0.39 is 6.36 Å². The maximum atomic E-state index is 12.0. The second-order valence-corrected chi connectivity index (χ2v) is 3.49. The van der Waals surface area contributed by atoms with Crippen LogP contribution in [0.1, 0.15) is 18.0 Å². The Morgan fingerprint density at radius 1 is 1.38 bits per heavy atom. The molecule has 0 bridgehead atoms. The minimum Gasteiger partial charge on any atom is -0.493 e. The zero-order valence-corrected chi connectivity index (χ0v) is 8.25. The first-order valence-electron chi connectivity index (χ1n) is 4.74. The first kappa shape index (κ1) is 11.1. The molecule has 1 aromatic carbocycles. The molecule has 2 N–H and O–H groups in total. The van der Waals surface area contributed by atoms with E-state index in [0.29, 0.717) is 24.3 Å². The van der Waals surface area contributed by atoms with Crippen LogP contribution < -0.4 is 15.2 Å². The van der Waals surface area contributed by atoms with Crippen molar-refractivity contribution in [3.8, 4) is 11.5 Å². The standard InChI is InChI=1S/C10H10F3NO2/c11-10(12,13)16-6-1-2-7-8(14)3-4-15-9(7)5-6/h1-2,5,8H,3-4,14H2/t8-/m1/s1. The largest absolute Gasteiger partial charge is 0.573 e. The highest BCUT2D eigenvalue weighted by atomic mass is 19.4. The number of nitrogens with two attached hydrogens (primary N) is 1. The minimum absolute atomic E-state index is 0.191. The lowest BCUT2D eigenvalue weighted by molar-refractivity contribution is -0.274. The number of hydrogen-bond acceptors (Lipinski definition) is 3. The van der Waals surface area contributed by atoms with E-state index in [1.54, 1.807) is 0 Å². The zero-order chi connectivity index (χ0) is 11.8. The van der Waals surface area contributed by atoms with Crippen molar-refractivity contribution in [2.75, 3.05) is 6.61 Å². The molecule has 1 heterocycles. The number of alkyl halides is 3. The van der Waals surface area contributed by atoms with Crippen molar-refractivity contribution >= 4 is 0 Å². The third kappa shape index (κ3) is 2.38. The molecule has 0 aromatic heterocycles. The van der Waals surface area contributed by atoms with Crippen LogP contribution in [0.25, 0.3) is 0 Å². The molecule has 88 valence electrons. The van der Waals surface area contributed by atoms with E-state index in [-0.39, 0.29) is 11.8 Å². The molecule has 0 saturated carbocycles. The van der Waals surface area contributed by atoms with Crippen molar-refractivity contribution in [3.63, 3.8) is 0 Å². The van der Waals surface area contributed by atoms with Crippen LogP contribution in [0.4, 0.5) is 13.2 Å². The van der Waals surface area contributed by atoms with Crippen molar-refractivity contribution in [1.82, 2.24) is 0 Å². The number of halogens is 3. The molecule has 16 heavy (non-hydrogen) atoms. The summed E-state index contributed by atoms with van der Waals surface area (Å²) in [6.45, 7) is 0.406. The Bertz CT molecular complexity index is 392. The monoisotopic (exact) mass is 233 g/mol. The van der Waals surface area contributed by atoms with Crippen molar-refractivity contribution in [1.29, 1.82) is 0 Å². The quantitative estimate of drug-likeness (QED) is 0.809. The van der Waals surface area contributed by atoms with Gasteiger partial charge in [0.05, 0.1) is 6.61 Å². The maximum Gasteiger partial charge on any atom is 0.573 e. The first-order chi connectivity index (χ1) is 7.46. The third-order valence-corrected chi connectivity index (χ3v) is 2.30. The van der Waals surface area contributed by atoms with Gasteiger partial charge in [-0.15, -0.1) is 13.2 Å². The van der Waals surface area contributed by atoms with E-state index in [0.717, 1.165) is 0 Å². The van der Waals surface area contributed by atoms with Gasteiger partial charge in [0.1, 0.15) is 11.5 Å². The lowest BCUT2D eigenvalue weighted by Gasteiger charge is -2.23. The molecule has 2 rings (SSSR count). The van der Waals surface area contributed by atoms with Crippen LogP contribution in [0, 0.1) is 0 Å². The summed E-state index contributed by atoms with van der Waals surface area (Å²) in [6.07, 6.45) is -4.03. The van der Waals surface area contributed by atoms with E-state index in [2.05, 4.69) is 4.74 Å². The highest BCUT2D eigenvalue weighted by Crippen LogP contribution is 2.35. The smallest absolute Gasteiger partial charge is 0.493 e. The summed E-state index contributed by atoms with van der Waals surface area (Å²) in [5.41, 5.74) is 6.49. The van der Waals surface area contributed by atoms with Gasteiger partial charge in [-0.25, -0.2) is 0 Å². The van der Waals surface area contributed by atoms with Gasteiger partial charge in [0, 0.05) is 24.1 Å². The number of ether oxygens (including phenoxy) is 2. The molecule has 6 heteroatoms. The number of hydrogen-bond donors (Lipinski definition) is 1. The lowest BCUT2D eigenvalue weighted by Crippen LogP contribution is -2.21. The summed E-state index contributed by atoms with van der Waals surface area (Å²) in [5.74, 6) is 0.0702. The van der Waals surface area contributed by atoms with Crippen molar-refractivity contribution in [2.24, 2.45) is 5.73 Å². The summed E-state index contributed by atoms with van der Waals surface area (Å²) in [4.78, 5) is 0. The average molecular weight is 233 g/mol. The van der Waals surface area contributed by atoms with Gasteiger partial charge >= 0.3 is 6.36 Å². The molecule has 1 aromatic rings. The van der Waals surface area contributed by atoms with E-state index in [4.69, 9.17) is 10.5 Å². The Hall–Kier alpha value is -1.43. The Balaban J connectivity index is 2.25. The van der Waals surface area contributed by atoms with Crippen LogP contribution in [0.15, 0.2) is 18.2 Å². The Morgan fingerprint density at radius 3 is 2.81 bits per heavy atom. The third-order valence-electron chi connectivity index (χ3n) is 2.30. The van der Waals surface area contributed by atoms with Crippen molar-refractivity contribution in [3.05, 3.63) is 23.8 Å². The van der Waals surface area contributed by atoms with Crippen LogP contribution in [0.5, 0.6) is 11.5 Å². The van der Waals surface area contributed by atoms with Crippen molar-refractivity contribution in [2.45, 2.75) is 18.8 Å². The molecule has 1 aliphatic heterocycles. The van der Waals surface area contributed by atoms with E-state index in [1.165, 1.54) is 18.2 Å². The van der Waals surface area contributed by atoms with Gasteiger partial charge in [-0.3, -0.25) is 0 Å². The van der Waals surface area contributed by atoms with Crippen LogP contribution in [0.3, 0.4) is 0 Å². The second-order valence-electron chi connectivity index (χ2n) is 3.49. The highest BCUT2D eigenvalue weighted by Gasteiger charge is 2.31. The summed E-state index contributed by atoms with van der Waals surface area (Å²) in [7, 11) is 0. The van der Waals surface area contributed by atoms with Gasteiger partial charge in [0.25, 0.3) is 0 Å². The van der Waals surface area contributed by atoms with Crippen LogP contribution in [-0.2, 0) is 0 Å². The number of fused-ring (bicyclic) bond motifs is 1. The van der Waals surface area contributed by atoms with Gasteiger partial charge in [0.15, 0.2) is 0 Å². The highest BCUT2D eigenvalue weighted by molar-refractivity contribution is 5.43. The fraction of sp³-hybridized carbons (Fsp3) is 0.400. The fourth-order valence-electron chi connectivity index (χ4n) is 1.59. The van der Waals surface area contributed by atoms with Gasteiger partial charge in [-0.1, -0.05) is 6.07 Å². The Labute approximate surface area is 89.9 Å². The molecule has 0 spiro atoms. The molecule has 0 amide bonds. The van der Waals surface area contributed by atoms with Gasteiger partial charge in [0.2, 0.25) is 0 Å². The minimum atomic E-state index is -4.69. The van der Waals surface area contributed by atoms with Crippen LogP contribution in [0.2, 0.25) is 0 Å². The number of rotatable bonds is 1. The summed E-state index contributed by atoms with van der Waals surface area (Å²) >= 11 is 0. The Kier molecular flexibility index (Phi) is 2.67. The molecule has 0 unspecified atom stereocenters. The number of benzene rings is 1. The predicted octanol–water partition coefficient (Wildman–Crippen LogP) is 2.37. The average Bonchev–Trinajstić information content (AvgIpc) is 2.15. The molecular formula is C10H10F3NO2. The molecule has 0 radical (unpaired) electrons. The SMILES string of the molecule is N[C@@H]1CCOc2cc(OC(F)(F)F)ccc21. The lowest BCUT2D eigenvalue weighted by atomic mass is 10.0. The van der Waals surface area contributed by atoms with Crippen LogP contribution in [-0.4, -0.2) is 13.0 Å². The van der Waals surface area contributed by atoms with Gasteiger partial charge in [-0.2, -0.15) is 0 Å². The normalized spacial score (nSPS) is 19.9. The fourth-order valence-corrected chi connectivity index (χ4v) is 1.59. The van der Waals surface area contributed by atoms with E-state index in [9.17, 15) is 13.2 Å². The molecule has 1 aliphatic rings. The summed E-state index contributed by atoms with van der Waals surface area (Å²) in [5, 5.41) is 0. The van der Waals surface area contributed by atoms with Gasteiger partial charge < -0.3 is 15.2 Å². The maximum absolute atomic E-state index is 12.0. The molecule has 0 aliphatic carbocycles. The first-order valence-corrected chi connectivity index (χ1v) is 4.74. The summed E-state index contributed by atoms with van der Waals surface area (Å²) in [6, 6.07) is 3.76. The molecular weight excluding hydrogens is 223 g/mol. The van der Waals surface area contributed by atoms with Gasteiger partial charge in [-0.05, 0) is 6.07 Å². The zero-order valence-electron chi connectivity index (χ0n) is 8.25. The van der Waals surface area contributed by atoms with E-state index in [1.807, 2.05) is 0 Å². The van der Waals surface area contributed by atoms with Crippen molar-refractivity contribution < 1.29 is 22.6 Å². The predicted molar refractivity (Wildman–Crippen MR) is 50.2 cm³/mol.